The molecule has 23 heavy (non-hydrogen) atoms. The Morgan fingerprint density at radius 2 is 1.91 bits per heavy atom. The van der Waals surface area contributed by atoms with E-state index in [1.54, 1.807) is 12.1 Å². The summed E-state index contributed by atoms with van der Waals surface area (Å²) in [5.74, 6) is -0.569. The molecule has 2 aromatic rings. The van der Waals surface area contributed by atoms with Crippen molar-refractivity contribution >= 4 is 17.7 Å². The monoisotopic (exact) mass is 335 g/mol. The smallest absolute Gasteiger partial charge is 0.339 e. The van der Waals surface area contributed by atoms with Crippen LogP contribution >= 0.6 is 11.8 Å². The Balaban J connectivity index is 1.89. The lowest BCUT2D eigenvalue weighted by atomic mass is 10.2. The highest BCUT2D eigenvalue weighted by Crippen LogP contribution is 2.25. The Bertz CT molecular complexity index is 683. The van der Waals surface area contributed by atoms with E-state index in [1.165, 1.54) is 24.9 Å². The molecule has 0 aliphatic heterocycles. The van der Waals surface area contributed by atoms with Gasteiger partial charge in [0.15, 0.2) is 0 Å². The number of benzene rings is 1. The van der Waals surface area contributed by atoms with Crippen molar-refractivity contribution in [2.45, 2.75) is 23.3 Å². The van der Waals surface area contributed by atoms with Crippen LogP contribution in [-0.2, 0) is 4.74 Å². The molecule has 120 valence electrons. The number of carbonyl (C=O) groups excluding carboxylic acids is 1. The fourth-order valence-electron chi connectivity index (χ4n) is 1.65. The molecule has 0 saturated heterocycles. The van der Waals surface area contributed by atoms with Gasteiger partial charge in [-0.1, -0.05) is 30.0 Å². The fraction of sp³-hybridized carbons (Fsp3) is 0.176. The number of aromatic nitrogens is 1. The van der Waals surface area contributed by atoms with E-state index in [0.717, 1.165) is 9.92 Å². The number of rotatable bonds is 6. The van der Waals surface area contributed by atoms with E-state index in [2.05, 4.69) is 4.98 Å². The van der Waals surface area contributed by atoms with Gasteiger partial charge < -0.3 is 4.74 Å². The molecule has 0 bridgehead atoms. The van der Waals surface area contributed by atoms with Crippen LogP contribution in [0.1, 0.15) is 23.7 Å². The van der Waals surface area contributed by atoms with Crippen LogP contribution < -0.4 is 0 Å². The second kappa shape index (κ2) is 8.43. The van der Waals surface area contributed by atoms with E-state index >= 15 is 0 Å². The first-order valence-corrected chi connectivity index (χ1v) is 7.75. The Hall–Kier alpha value is -2.21. The van der Waals surface area contributed by atoms with Gasteiger partial charge in [-0.05, 0) is 36.8 Å². The summed E-state index contributed by atoms with van der Waals surface area (Å²) in [5, 5.41) is 0.756. The normalized spacial score (nSPS) is 10.2. The maximum Gasteiger partial charge on any atom is 0.339 e. The highest BCUT2D eigenvalue weighted by atomic mass is 32.2. The molecule has 2 rings (SSSR count). The van der Waals surface area contributed by atoms with Crippen LogP contribution in [-0.4, -0.2) is 17.6 Å². The number of hydrogen-bond donors (Lipinski definition) is 0. The summed E-state index contributed by atoms with van der Waals surface area (Å²) in [6, 6.07) is 13.1. The zero-order chi connectivity index (χ0) is 16.7. The predicted octanol–water partition coefficient (Wildman–Crippen LogP) is 4.95. The van der Waals surface area contributed by atoms with E-state index < -0.39 is 12.0 Å². The van der Waals surface area contributed by atoms with E-state index in [9.17, 15) is 13.6 Å². The molecule has 6 heteroatoms. The van der Waals surface area contributed by atoms with Gasteiger partial charge in [0.1, 0.15) is 5.03 Å². The average Bonchev–Trinajstić information content (AvgIpc) is 2.56. The highest BCUT2D eigenvalue weighted by molar-refractivity contribution is 7.99. The van der Waals surface area contributed by atoms with Gasteiger partial charge in [0, 0.05) is 17.5 Å². The largest absolute Gasteiger partial charge is 0.462 e. The molecule has 3 nitrogen and oxygen atoms in total. The minimum atomic E-state index is -1.73. The summed E-state index contributed by atoms with van der Waals surface area (Å²) in [4.78, 5) is 17.0. The minimum absolute atomic E-state index is 0.0173. The number of pyridine rings is 1. The molecule has 1 heterocycles. The van der Waals surface area contributed by atoms with Crippen LogP contribution in [0, 0.1) is 0 Å². The number of esters is 1. The molecule has 1 aromatic heterocycles. The second-order valence-corrected chi connectivity index (χ2v) is 5.82. The van der Waals surface area contributed by atoms with Crippen LogP contribution in [0.5, 0.6) is 0 Å². The third-order valence-corrected chi connectivity index (χ3v) is 3.93. The van der Waals surface area contributed by atoms with Gasteiger partial charge in [-0.15, -0.1) is 0 Å². The Morgan fingerprint density at radius 1 is 1.17 bits per heavy atom. The van der Waals surface area contributed by atoms with Gasteiger partial charge in [-0.3, -0.25) is 0 Å². The predicted molar refractivity (Wildman–Crippen MR) is 84.6 cm³/mol. The molecule has 1 aromatic carbocycles. The lowest BCUT2D eigenvalue weighted by Gasteiger charge is -2.05. The van der Waals surface area contributed by atoms with Gasteiger partial charge >= 0.3 is 5.97 Å². The second-order valence-electron chi connectivity index (χ2n) is 4.73. The van der Waals surface area contributed by atoms with Gasteiger partial charge in [-0.2, -0.15) is 8.78 Å². The molecule has 0 spiro atoms. The molecule has 0 aliphatic rings. The summed E-state index contributed by atoms with van der Waals surface area (Å²) in [5.41, 5.74) is 0.218. The molecule has 0 radical (unpaired) electrons. The first-order valence-electron chi connectivity index (χ1n) is 6.93. The first kappa shape index (κ1) is 17.1. The molecule has 0 aliphatic carbocycles. The molecule has 0 amide bonds. The van der Waals surface area contributed by atoms with Crippen molar-refractivity contribution in [3.63, 3.8) is 0 Å². The van der Waals surface area contributed by atoms with Crippen molar-refractivity contribution in [3.05, 3.63) is 65.9 Å². The number of carbonyl (C=O) groups is 1. The fourth-order valence-corrected chi connectivity index (χ4v) is 2.42. The molecule has 0 fully saturated rings. The third kappa shape index (κ3) is 5.49. The van der Waals surface area contributed by atoms with E-state index in [1.807, 2.05) is 30.3 Å². The SMILES string of the molecule is CC(CCOC(=O)c1ccc(Sc2ccccc2)nc1)=C(F)F. The van der Waals surface area contributed by atoms with Crippen molar-refractivity contribution in [1.82, 2.24) is 4.98 Å². The summed E-state index contributed by atoms with van der Waals surface area (Å²) < 4.78 is 29.4. The zero-order valence-corrected chi connectivity index (χ0v) is 13.3. The molecular weight excluding hydrogens is 320 g/mol. The van der Waals surface area contributed by atoms with Crippen molar-refractivity contribution in [2.24, 2.45) is 0 Å². The van der Waals surface area contributed by atoms with Crippen LogP contribution in [0.3, 0.4) is 0 Å². The van der Waals surface area contributed by atoms with Crippen molar-refractivity contribution in [2.75, 3.05) is 6.61 Å². The van der Waals surface area contributed by atoms with E-state index in [0.29, 0.717) is 5.56 Å². The van der Waals surface area contributed by atoms with Gasteiger partial charge in [0.25, 0.3) is 6.08 Å². The maximum absolute atomic E-state index is 12.2. The average molecular weight is 335 g/mol. The van der Waals surface area contributed by atoms with Crippen molar-refractivity contribution in [1.29, 1.82) is 0 Å². The van der Waals surface area contributed by atoms with Crippen LogP contribution in [0.15, 0.2) is 70.2 Å². The number of halogens is 2. The van der Waals surface area contributed by atoms with Crippen LogP contribution in [0.4, 0.5) is 8.78 Å². The molecule has 0 atom stereocenters. The first-order chi connectivity index (χ1) is 11.1. The minimum Gasteiger partial charge on any atom is -0.462 e. The molecule has 0 unspecified atom stereocenters. The third-order valence-electron chi connectivity index (χ3n) is 2.97. The van der Waals surface area contributed by atoms with E-state index in [-0.39, 0.29) is 18.6 Å². The van der Waals surface area contributed by atoms with Crippen molar-refractivity contribution in [3.8, 4) is 0 Å². The lowest BCUT2D eigenvalue weighted by Crippen LogP contribution is -2.07. The topological polar surface area (TPSA) is 39.2 Å². The van der Waals surface area contributed by atoms with Crippen LogP contribution in [0.25, 0.3) is 0 Å². The lowest BCUT2D eigenvalue weighted by molar-refractivity contribution is 0.0507. The quantitative estimate of drug-likeness (QED) is 0.700. The Labute approximate surface area is 137 Å². The van der Waals surface area contributed by atoms with Gasteiger partial charge in [0.05, 0.1) is 12.2 Å². The summed E-state index contributed by atoms with van der Waals surface area (Å²) in [7, 11) is 0. The molecule has 0 N–H and O–H groups in total. The van der Waals surface area contributed by atoms with Gasteiger partial charge in [0.2, 0.25) is 0 Å². The van der Waals surface area contributed by atoms with Crippen LogP contribution in [0.2, 0.25) is 0 Å². The Morgan fingerprint density at radius 3 is 2.52 bits per heavy atom. The summed E-state index contributed by atoms with van der Waals surface area (Å²) in [6.07, 6.45) is -0.292. The van der Waals surface area contributed by atoms with E-state index in [4.69, 9.17) is 4.74 Å². The standard InChI is InChI=1S/C17H15F2NO2S/c1-12(16(18)19)9-10-22-17(21)13-7-8-15(20-11-13)23-14-5-3-2-4-6-14/h2-8,11H,9-10H2,1H3. The number of ether oxygens (including phenoxy) is 1. The van der Waals surface area contributed by atoms with Gasteiger partial charge in [-0.25, -0.2) is 9.78 Å². The highest BCUT2D eigenvalue weighted by Gasteiger charge is 2.09. The Kier molecular flexibility index (Phi) is 6.29. The summed E-state index contributed by atoms with van der Waals surface area (Å²) in [6.45, 7) is 1.23. The molecular formula is C17H15F2NO2S. The summed E-state index contributed by atoms with van der Waals surface area (Å²) >= 11 is 1.48. The number of hydrogen-bond acceptors (Lipinski definition) is 4. The van der Waals surface area contributed by atoms with Crippen molar-refractivity contribution < 1.29 is 18.3 Å². The maximum atomic E-state index is 12.2. The molecule has 0 saturated carbocycles. The number of nitrogens with zero attached hydrogens (tertiary/aromatic N) is 1. The zero-order valence-electron chi connectivity index (χ0n) is 12.5.